The summed E-state index contributed by atoms with van der Waals surface area (Å²) < 4.78 is 5.97. The number of aryl methyl sites for hydroxylation is 2. The molecule has 2 aromatic rings. The van der Waals surface area contributed by atoms with Crippen LogP contribution in [0.4, 0.5) is 0 Å². The molecule has 0 heterocycles. The fraction of sp³-hybridized carbons (Fsp3) is 0.333. The Morgan fingerprint density at radius 3 is 2.45 bits per heavy atom. The van der Waals surface area contributed by atoms with Gasteiger partial charge in [-0.2, -0.15) is 0 Å². The molecule has 2 aromatic carbocycles. The summed E-state index contributed by atoms with van der Waals surface area (Å²) in [5.74, 6) is 0.967. The van der Waals surface area contributed by atoms with Crippen molar-refractivity contribution in [3.63, 3.8) is 0 Å². The molecule has 0 aliphatic rings. The second-order valence-corrected chi connectivity index (χ2v) is 5.11. The lowest BCUT2D eigenvalue weighted by Crippen LogP contribution is -2.14. The Morgan fingerprint density at radius 1 is 1.00 bits per heavy atom. The smallest absolute Gasteiger partial charge is 0.122 e. The van der Waals surface area contributed by atoms with E-state index in [1.807, 2.05) is 0 Å². The van der Waals surface area contributed by atoms with E-state index in [4.69, 9.17) is 4.74 Å². The molecular weight excluding hydrogens is 246 g/mol. The molecule has 0 unspecified atom stereocenters. The molecule has 0 aromatic heterocycles. The number of nitrogens with one attached hydrogen (secondary N) is 1. The average Bonchev–Trinajstić information content (AvgIpc) is 2.45. The fourth-order valence-electron chi connectivity index (χ4n) is 2.25. The summed E-state index contributed by atoms with van der Waals surface area (Å²) in [4.78, 5) is 0. The molecule has 0 aliphatic carbocycles. The van der Waals surface area contributed by atoms with Crippen molar-refractivity contribution in [3.05, 3.63) is 64.7 Å². The van der Waals surface area contributed by atoms with Crippen LogP contribution in [0.2, 0.25) is 0 Å². The maximum absolute atomic E-state index is 5.97. The standard InChI is InChI=1S/C18H23NO/c1-4-19-12-16-7-5-6-8-17(16)13-20-18-10-9-14(2)11-15(18)3/h5-11,19H,4,12-13H2,1-3H3. The highest BCUT2D eigenvalue weighted by molar-refractivity contribution is 5.36. The monoisotopic (exact) mass is 269 g/mol. The first kappa shape index (κ1) is 14.6. The summed E-state index contributed by atoms with van der Waals surface area (Å²) in [6.07, 6.45) is 0. The largest absolute Gasteiger partial charge is 0.489 e. The third kappa shape index (κ3) is 3.84. The van der Waals surface area contributed by atoms with E-state index < -0.39 is 0 Å². The Labute approximate surface area is 121 Å². The van der Waals surface area contributed by atoms with Crippen molar-refractivity contribution in [2.24, 2.45) is 0 Å². The van der Waals surface area contributed by atoms with Crippen LogP contribution in [0.15, 0.2) is 42.5 Å². The Hall–Kier alpha value is -1.80. The number of ether oxygens (including phenoxy) is 1. The van der Waals surface area contributed by atoms with Crippen LogP contribution in [-0.2, 0) is 13.2 Å². The van der Waals surface area contributed by atoms with E-state index in [9.17, 15) is 0 Å². The van der Waals surface area contributed by atoms with Crippen molar-refractivity contribution >= 4 is 0 Å². The molecule has 0 amide bonds. The molecule has 0 radical (unpaired) electrons. The molecule has 1 N–H and O–H groups in total. The molecule has 0 spiro atoms. The number of hydrogen-bond acceptors (Lipinski definition) is 2. The van der Waals surface area contributed by atoms with Gasteiger partial charge < -0.3 is 10.1 Å². The lowest BCUT2D eigenvalue weighted by molar-refractivity contribution is 0.302. The van der Waals surface area contributed by atoms with Gasteiger partial charge in [0, 0.05) is 6.54 Å². The van der Waals surface area contributed by atoms with Crippen LogP contribution in [0.5, 0.6) is 5.75 Å². The minimum absolute atomic E-state index is 0.617. The van der Waals surface area contributed by atoms with Crippen LogP contribution in [0.25, 0.3) is 0 Å². The zero-order valence-corrected chi connectivity index (χ0v) is 12.6. The van der Waals surface area contributed by atoms with E-state index >= 15 is 0 Å². The van der Waals surface area contributed by atoms with Gasteiger partial charge in [-0.3, -0.25) is 0 Å². The highest BCUT2D eigenvalue weighted by atomic mass is 16.5. The maximum atomic E-state index is 5.97. The predicted molar refractivity (Wildman–Crippen MR) is 84.1 cm³/mol. The first-order chi connectivity index (χ1) is 9.70. The second kappa shape index (κ2) is 7.11. The van der Waals surface area contributed by atoms with Crippen LogP contribution in [0, 0.1) is 13.8 Å². The quantitative estimate of drug-likeness (QED) is 0.856. The van der Waals surface area contributed by atoms with E-state index in [0.29, 0.717) is 6.61 Å². The summed E-state index contributed by atoms with van der Waals surface area (Å²) in [7, 11) is 0. The summed E-state index contributed by atoms with van der Waals surface area (Å²) >= 11 is 0. The normalized spacial score (nSPS) is 10.6. The Bertz CT molecular complexity index is 563. The predicted octanol–water partition coefficient (Wildman–Crippen LogP) is 3.99. The molecule has 0 aliphatic heterocycles. The van der Waals surface area contributed by atoms with Gasteiger partial charge in [0.2, 0.25) is 0 Å². The first-order valence-electron chi connectivity index (χ1n) is 7.18. The van der Waals surface area contributed by atoms with Crippen LogP contribution in [0.1, 0.15) is 29.2 Å². The molecule has 0 fully saturated rings. The summed E-state index contributed by atoms with van der Waals surface area (Å²) in [5.41, 5.74) is 5.00. The highest BCUT2D eigenvalue weighted by Crippen LogP contribution is 2.20. The van der Waals surface area contributed by atoms with E-state index in [-0.39, 0.29) is 0 Å². The van der Waals surface area contributed by atoms with Crippen molar-refractivity contribution in [1.82, 2.24) is 5.32 Å². The molecule has 106 valence electrons. The Kier molecular flexibility index (Phi) is 5.19. The number of hydrogen-bond donors (Lipinski definition) is 1. The lowest BCUT2D eigenvalue weighted by Gasteiger charge is -2.13. The SMILES string of the molecule is CCNCc1ccccc1COc1ccc(C)cc1C. The molecule has 2 rings (SSSR count). The van der Waals surface area contributed by atoms with Crippen LogP contribution >= 0.6 is 0 Å². The molecule has 2 nitrogen and oxygen atoms in total. The molecule has 0 bridgehead atoms. The highest BCUT2D eigenvalue weighted by Gasteiger charge is 2.04. The molecular formula is C18H23NO. The molecule has 20 heavy (non-hydrogen) atoms. The molecule has 2 heteroatoms. The Balaban J connectivity index is 2.06. The zero-order chi connectivity index (χ0) is 14.4. The van der Waals surface area contributed by atoms with E-state index in [1.165, 1.54) is 22.3 Å². The fourth-order valence-corrected chi connectivity index (χ4v) is 2.25. The van der Waals surface area contributed by atoms with Gasteiger partial charge in [-0.15, -0.1) is 0 Å². The van der Waals surface area contributed by atoms with Crippen molar-refractivity contribution in [3.8, 4) is 5.75 Å². The van der Waals surface area contributed by atoms with Gasteiger partial charge in [-0.25, -0.2) is 0 Å². The van der Waals surface area contributed by atoms with E-state index in [0.717, 1.165) is 18.8 Å². The maximum Gasteiger partial charge on any atom is 0.122 e. The average molecular weight is 269 g/mol. The first-order valence-corrected chi connectivity index (χ1v) is 7.18. The van der Waals surface area contributed by atoms with Gasteiger partial charge >= 0.3 is 0 Å². The third-order valence-electron chi connectivity index (χ3n) is 3.40. The third-order valence-corrected chi connectivity index (χ3v) is 3.40. The molecule has 0 saturated heterocycles. The minimum Gasteiger partial charge on any atom is -0.489 e. The molecule has 0 atom stereocenters. The van der Waals surface area contributed by atoms with Crippen molar-refractivity contribution in [2.75, 3.05) is 6.54 Å². The van der Waals surface area contributed by atoms with E-state index in [2.05, 4.69) is 68.6 Å². The van der Waals surface area contributed by atoms with Gasteiger partial charge in [0.1, 0.15) is 12.4 Å². The summed E-state index contributed by atoms with van der Waals surface area (Å²) in [6, 6.07) is 14.7. The van der Waals surface area contributed by atoms with Gasteiger partial charge in [0.15, 0.2) is 0 Å². The minimum atomic E-state index is 0.617. The summed E-state index contributed by atoms with van der Waals surface area (Å²) in [5, 5.41) is 3.37. The van der Waals surface area contributed by atoms with Crippen molar-refractivity contribution < 1.29 is 4.74 Å². The second-order valence-electron chi connectivity index (χ2n) is 5.11. The van der Waals surface area contributed by atoms with Gasteiger partial charge in [0.05, 0.1) is 0 Å². The molecule has 0 saturated carbocycles. The Morgan fingerprint density at radius 2 is 1.75 bits per heavy atom. The topological polar surface area (TPSA) is 21.3 Å². The number of rotatable bonds is 6. The van der Waals surface area contributed by atoms with Crippen molar-refractivity contribution in [1.29, 1.82) is 0 Å². The zero-order valence-electron chi connectivity index (χ0n) is 12.6. The van der Waals surface area contributed by atoms with Crippen molar-refractivity contribution in [2.45, 2.75) is 33.9 Å². The lowest BCUT2D eigenvalue weighted by atomic mass is 10.1. The van der Waals surface area contributed by atoms with Gasteiger partial charge in [-0.05, 0) is 43.1 Å². The van der Waals surface area contributed by atoms with Gasteiger partial charge in [-0.1, -0.05) is 48.9 Å². The van der Waals surface area contributed by atoms with Gasteiger partial charge in [0.25, 0.3) is 0 Å². The van der Waals surface area contributed by atoms with Crippen LogP contribution < -0.4 is 10.1 Å². The van der Waals surface area contributed by atoms with Crippen LogP contribution in [0.3, 0.4) is 0 Å². The van der Waals surface area contributed by atoms with Crippen LogP contribution in [-0.4, -0.2) is 6.54 Å². The summed E-state index contributed by atoms with van der Waals surface area (Å²) in [6.45, 7) is 8.80. The van der Waals surface area contributed by atoms with E-state index in [1.54, 1.807) is 0 Å². The number of benzene rings is 2.